The smallest absolute Gasteiger partial charge is 0.326 e. The number of aliphatic carboxylic acids is 1. The van der Waals surface area contributed by atoms with Crippen LogP contribution in [0.3, 0.4) is 0 Å². The highest BCUT2D eigenvalue weighted by molar-refractivity contribution is 5.91. The molecule has 1 heterocycles. The quantitative estimate of drug-likeness (QED) is 0.297. The molecular formula is C18H27N5O3. The molecule has 2 rings (SSSR count). The first-order valence-corrected chi connectivity index (χ1v) is 8.60. The summed E-state index contributed by atoms with van der Waals surface area (Å²) in [4.78, 5) is 30.5. The highest BCUT2D eigenvalue weighted by Crippen LogP contribution is 2.38. The SMILES string of the molecule is [2H]CN1CCC[C@]1(C(=O)N[C@@H](CCCN=C(N)N)C(=O)O)c1ccccc1. The molecule has 1 aliphatic heterocycles. The van der Waals surface area contributed by atoms with Crippen LogP contribution in [-0.2, 0) is 15.1 Å². The Balaban J connectivity index is 2.19. The van der Waals surface area contributed by atoms with Gasteiger partial charge in [-0.3, -0.25) is 14.7 Å². The van der Waals surface area contributed by atoms with Gasteiger partial charge in [0.25, 0.3) is 0 Å². The lowest BCUT2D eigenvalue weighted by Gasteiger charge is -2.36. The van der Waals surface area contributed by atoms with E-state index in [9.17, 15) is 14.7 Å². The molecule has 1 aromatic carbocycles. The number of aliphatic imine (C=N–C) groups is 1. The number of nitrogens with zero attached hydrogens (tertiary/aromatic N) is 2. The third kappa shape index (κ3) is 4.32. The molecule has 6 N–H and O–H groups in total. The number of likely N-dealkylation sites (tertiary alicyclic amines) is 1. The maximum atomic E-state index is 13.2. The van der Waals surface area contributed by atoms with Crippen molar-refractivity contribution in [2.75, 3.05) is 20.1 Å². The largest absolute Gasteiger partial charge is 0.480 e. The zero-order valence-electron chi connectivity index (χ0n) is 15.7. The van der Waals surface area contributed by atoms with Gasteiger partial charge in [0.1, 0.15) is 11.6 Å². The van der Waals surface area contributed by atoms with E-state index >= 15 is 0 Å². The zero-order valence-corrected chi connectivity index (χ0v) is 14.7. The molecule has 1 amide bonds. The number of likely N-dealkylation sites (N-methyl/N-ethyl adjacent to an activating group) is 1. The van der Waals surface area contributed by atoms with E-state index in [4.69, 9.17) is 12.8 Å². The first kappa shape index (κ1) is 18.2. The summed E-state index contributed by atoms with van der Waals surface area (Å²) in [6.45, 7) is 0.915. The van der Waals surface area contributed by atoms with E-state index in [1.807, 2.05) is 30.3 Å². The predicted molar refractivity (Wildman–Crippen MR) is 99.5 cm³/mol. The first-order valence-electron chi connectivity index (χ1n) is 9.31. The number of guanidine groups is 1. The van der Waals surface area contributed by atoms with Crippen LogP contribution in [0.5, 0.6) is 0 Å². The molecule has 0 spiro atoms. The molecule has 0 bridgehead atoms. The summed E-state index contributed by atoms with van der Waals surface area (Å²) in [7, 11) is -0.0372. The molecule has 0 aromatic heterocycles. The topological polar surface area (TPSA) is 134 Å². The molecule has 8 nitrogen and oxygen atoms in total. The Morgan fingerprint density at radius 2 is 2.15 bits per heavy atom. The second-order valence-electron chi connectivity index (χ2n) is 6.41. The molecule has 26 heavy (non-hydrogen) atoms. The number of carbonyl (C=O) groups is 2. The molecule has 0 saturated carbocycles. The van der Waals surface area contributed by atoms with Gasteiger partial charge in [-0.05, 0) is 44.8 Å². The van der Waals surface area contributed by atoms with Crippen LogP contribution < -0.4 is 16.8 Å². The van der Waals surface area contributed by atoms with Crippen LogP contribution in [0.4, 0.5) is 0 Å². The molecule has 8 heteroatoms. The average Bonchev–Trinajstić information content (AvgIpc) is 3.09. The van der Waals surface area contributed by atoms with Gasteiger partial charge >= 0.3 is 5.97 Å². The molecular weight excluding hydrogens is 334 g/mol. The second-order valence-corrected chi connectivity index (χ2v) is 6.41. The Kier molecular flexibility index (Phi) is 6.06. The van der Waals surface area contributed by atoms with E-state index in [1.54, 1.807) is 4.90 Å². The van der Waals surface area contributed by atoms with E-state index < -0.39 is 17.6 Å². The van der Waals surface area contributed by atoms with Crippen molar-refractivity contribution in [3.05, 3.63) is 35.9 Å². The number of nitrogens with two attached hydrogens (primary N) is 2. The molecule has 1 fully saturated rings. The van der Waals surface area contributed by atoms with Crippen molar-refractivity contribution in [2.45, 2.75) is 37.3 Å². The summed E-state index contributed by atoms with van der Waals surface area (Å²) >= 11 is 0. The molecule has 1 aromatic rings. The number of carboxylic acid groups (broad SMARTS) is 1. The first-order chi connectivity index (χ1) is 12.9. The van der Waals surface area contributed by atoms with Crippen LogP contribution in [0.15, 0.2) is 35.3 Å². The fraction of sp³-hybridized carbons (Fsp3) is 0.500. The molecule has 0 radical (unpaired) electrons. The van der Waals surface area contributed by atoms with Gasteiger partial charge < -0.3 is 21.9 Å². The van der Waals surface area contributed by atoms with E-state index in [2.05, 4.69) is 10.3 Å². The number of carbonyl (C=O) groups excluding carboxylic acids is 1. The fourth-order valence-corrected chi connectivity index (χ4v) is 3.34. The summed E-state index contributed by atoms with van der Waals surface area (Å²) < 4.78 is 7.83. The van der Waals surface area contributed by atoms with Gasteiger partial charge in [-0.1, -0.05) is 30.3 Å². The van der Waals surface area contributed by atoms with E-state index in [0.29, 0.717) is 25.9 Å². The zero-order chi connectivity index (χ0) is 19.9. The fourth-order valence-electron chi connectivity index (χ4n) is 3.34. The number of benzene rings is 1. The standard InChI is InChI=1S/C18H27N5O3/c1-23-12-6-10-18(23,13-7-3-2-4-8-13)16(26)22-14(15(24)25)9-5-11-21-17(19)20/h2-4,7-8,14H,5-6,9-12H2,1H3,(H,22,26)(H,24,25)(H4,19,20,21)/t14-,18+/m0/s1/i1D. The Morgan fingerprint density at radius 1 is 1.42 bits per heavy atom. The highest BCUT2D eigenvalue weighted by Gasteiger charge is 2.47. The molecule has 2 atom stereocenters. The summed E-state index contributed by atoms with van der Waals surface area (Å²) in [5.41, 5.74) is 10.3. The van der Waals surface area contributed by atoms with Crippen molar-refractivity contribution in [2.24, 2.45) is 16.5 Å². The summed E-state index contributed by atoms with van der Waals surface area (Å²) in [5.74, 6) is -1.54. The third-order valence-corrected chi connectivity index (χ3v) is 4.68. The molecule has 0 unspecified atom stereocenters. The Morgan fingerprint density at radius 3 is 2.77 bits per heavy atom. The monoisotopic (exact) mass is 362 g/mol. The Labute approximate surface area is 154 Å². The summed E-state index contributed by atoms with van der Waals surface area (Å²) in [5, 5.41) is 12.2. The Hall–Kier alpha value is -2.61. The second kappa shape index (κ2) is 8.66. The lowest BCUT2D eigenvalue weighted by atomic mass is 9.86. The minimum atomic E-state index is -1.10. The van der Waals surface area contributed by atoms with Gasteiger partial charge in [0, 0.05) is 7.92 Å². The van der Waals surface area contributed by atoms with Gasteiger partial charge in [0.05, 0.1) is 0 Å². The van der Waals surface area contributed by atoms with E-state index in [1.165, 1.54) is 0 Å². The number of hydrogen-bond donors (Lipinski definition) is 4. The van der Waals surface area contributed by atoms with Crippen molar-refractivity contribution in [3.63, 3.8) is 0 Å². The van der Waals surface area contributed by atoms with Crippen molar-refractivity contribution in [1.82, 2.24) is 10.2 Å². The molecule has 1 saturated heterocycles. The lowest BCUT2D eigenvalue weighted by Crippen LogP contribution is -2.55. The van der Waals surface area contributed by atoms with Crippen LogP contribution in [0.25, 0.3) is 0 Å². The van der Waals surface area contributed by atoms with Crippen LogP contribution in [0, 0.1) is 0 Å². The maximum Gasteiger partial charge on any atom is 0.326 e. The van der Waals surface area contributed by atoms with Crippen molar-refractivity contribution in [1.29, 1.82) is 0 Å². The van der Waals surface area contributed by atoms with Crippen LogP contribution in [-0.4, -0.2) is 54.0 Å². The average molecular weight is 362 g/mol. The lowest BCUT2D eigenvalue weighted by molar-refractivity contribution is -0.144. The number of carboxylic acids is 1. The van der Waals surface area contributed by atoms with Crippen molar-refractivity contribution >= 4 is 17.8 Å². The summed E-state index contributed by atoms with van der Waals surface area (Å²) in [6.07, 6.45) is 1.95. The third-order valence-electron chi connectivity index (χ3n) is 4.68. The van der Waals surface area contributed by atoms with E-state index in [0.717, 1.165) is 12.0 Å². The van der Waals surface area contributed by atoms with Crippen LogP contribution >= 0.6 is 0 Å². The molecule has 142 valence electrons. The van der Waals surface area contributed by atoms with Gasteiger partial charge in [-0.25, -0.2) is 4.79 Å². The van der Waals surface area contributed by atoms with Crippen LogP contribution in [0.2, 0.25) is 0 Å². The Bertz CT molecular complexity index is 681. The minimum absolute atomic E-state index is 0.0372. The number of rotatable bonds is 8. The van der Waals surface area contributed by atoms with Gasteiger partial charge in [0.15, 0.2) is 5.96 Å². The number of hydrogen-bond acceptors (Lipinski definition) is 4. The van der Waals surface area contributed by atoms with Crippen LogP contribution in [0.1, 0.15) is 32.6 Å². The number of nitrogens with one attached hydrogen (secondary N) is 1. The minimum Gasteiger partial charge on any atom is -0.480 e. The molecule has 1 aliphatic rings. The maximum absolute atomic E-state index is 13.2. The highest BCUT2D eigenvalue weighted by atomic mass is 16.4. The van der Waals surface area contributed by atoms with Crippen molar-refractivity contribution < 1.29 is 16.1 Å². The summed E-state index contributed by atoms with van der Waals surface area (Å²) in [6, 6.07) is 8.20. The molecule has 0 aliphatic carbocycles. The predicted octanol–water partition coefficient (Wildman–Crippen LogP) is 0.231. The van der Waals surface area contributed by atoms with E-state index in [-0.39, 0.29) is 25.3 Å². The normalized spacial score (nSPS) is 21.6. The number of amides is 1. The van der Waals surface area contributed by atoms with Gasteiger partial charge in [0.2, 0.25) is 5.91 Å². The van der Waals surface area contributed by atoms with Gasteiger partial charge in [-0.2, -0.15) is 0 Å². The van der Waals surface area contributed by atoms with Crippen molar-refractivity contribution in [3.8, 4) is 0 Å². The van der Waals surface area contributed by atoms with Gasteiger partial charge in [-0.15, -0.1) is 0 Å².